The predicted molar refractivity (Wildman–Crippen MR) is 54.0 cm³/mol. The van der Waals surface area contributed by atoms with E-state index in [1.165, 1.54) is 12.1 Å². The number of benzene rings is 1. The quantitative estimate of drug-likeness (QED) is 0.814. The molecule has 0 aliphatic rings. The molecule has 2 rings (SSSR count). The van der Waals surface area contributed by atoms with Crippen molar-refractivity contribution in [3.8, 4) is 11.3 Å². The zero-order valence-electron chi connectivity index (χ0n) is 7.30. The number of hydrogen-bond donors (Lipinski definition) is 1. The zero-order valence-corrected chi connectivity index (χ0v) is 8.88. The molecular formula is C9H5BrF2N2O. The maximum Gasteiger partial charge on any atom is 0.172 e. The van der Waals surface area contributed by atoms with Crippen LogP contribution in [0.2, 0.25) is 0 Å². The molecule has 78 valence electrons. The van der Waals surface area contributed by atoms with Crippen molar-refractivity contribution in [1.82, 2.24) is 5.16 Å². The van der Waals surface area contributed by atoms with Crippen molar-refractivity contribution in [2.75, 3.05) is 5.73 Å². The van der Waals surface area contributed by atoms with Crippen molar-refractivity contribution in [1.29, 1.82) is 0 Å². The van der Waals surface area contributed by atoms with Crippen molar-refractivity contribution in [3.63, 3.8) is 0 Å². The summed E-state index contributed by atoms with van der Waals surface area (Å²) in [5.41, 5.74) is 5.43. The Morgan fingerprint density at radius 1 is 1.20 bits per heavy atom. The molecule has 0 radical (unpaired) electrons. The maximum absolute atomic E-state index is 13.3. The maximum atomic E-state index is 13.3. The molecule has 0 bridgehead atoms. The summed E-state index contributed by atoms with van der Waals surface area (Å²) in [5.74, 6) is -1.11. The number of nitrogens with zero attached hydrogens (tertiary/aromatic N) is 1. The van der Waals surface area contributed by atoms with E-state index in [9.17, 15) is 8.78 Å². The van der Waals surface area contributed by atoms with Gasteiger partial charge in [-0.1, -0.05) is 5.16 Å². The van der Waals surface area contributed by atoms with Crippen LogP contribution in [0.1, 0.15) is 0 Å². The van der Waals surface area contributed by atoms with Crippen LogP contribution in [0.5, 0.6) is 0 Å². The molecule has 1 aromatic carbocycles. The lowest BCUT2D eigenvalue weighted by atomic mass is 10.1. The van der Waals surface area contributed by atoms with E-state index < -0.39 is 11.6 Å². The third kappa shape index (κ3) is 1.85. The van der Waals surface area contributed by atoms with Gasteiger partial charge in [-0.3, -0.25) is 0 Å². The Bertz CT molecular complexity index is 513. The lowest BCUT2D eigenvalue weighted by Gasteiger charge is -2.00. The number of halogens is 3. The third-order valence-electron chi connectivity index (χ3n) is 1.80. The average Bonchev–Trinajstić information content (AvgIpc) is 2.58. The normalized spacial score (nSPS) is 10.6. The number of nitrogens with two attached hydrogens (primary N) is 1. The second-order valence-electron chi connectivity index (χ2n) is 2.86. The lowest BCUT2D eigenvalue weighted by molar-refractivity contribution is 0.433. The Hall–Kier alpha value is -1.43. The molecule has 3 nitrogen and oxygen atoms in total. The van der Waals surface area contributed by atoms with Gasteiger partial charge < -0.3 is 10.3 Å². The minimum absolute atomic E-state index is 0.104. The molecule has 0 saturated carbocycles. The fraction of sp³-hybridized carbons (Fsp3) is 0. The van der Waals surface area contributed by atoms with Crippen molar-refractivity contribution in [3.05, 3.63) is 34.3 Å². The van der Waals surface area contributed by atoms with Gasteiger partial charge in [0.1, 0.15) is 11.6 Å². The van der Waals surface area contributed by atoms with Crippen LogP contribution in [0.3, 0.4) is 0 Å². The fourth-order valence-electron chi connectivity index (χ4n) is 1.13. The first-order valence-electron chi connectivity index (χ1n) is 3.95. The first kappa shape index (κ1) is 10.1. The molecule has 15 heavy (non-hydrogen) atoms. The summed E-state index contributed by atoms with van der Waals surface area (Å²) in [6.45, 7) is 0. The molecule has 0 atom stereocenters. The number of anilines is 1. The molecule has 0 aliphatic carbocycles. The van der Waals surface area contributed by atoms with Crippen molar-refractivity contribution < 1.29 is 13.3 Å². The van der Waals surface area contributed by atoms with E-state index >= 15 is 0 Å². The highest BCUT2D eigenvalue weighted by Gasteiger charge is 2.13. The highest BCUT2D eigenvalue weighted by molar-refractivity contribution is 9.10. The Balaban J connectivity index is 2.58. The van der Waals surface area contributed by atoms with Crippen LogP contribution in [0.25, 0.3) is 11.3 Å². The number of nitrogen functional groups attached to an aromatic ring is 1. The molecule has 1 heterocycles. The molecule has 0 amide bonds. The van der Waals surface area contributed by atoms with Crippen LogP contribution in [0.15, 0.2) is 27.2 Å². The average molecular weight is 275 g/mol. The smallest absolute Gasteiger partial charge is 0.172 e. The molecule has 0 fully saturated rings. The minimum Gasteiger partial charge on any atom is -0.381 e. The van der Waals surface area contributed by atoms with Gasteiger partial charge >= 0.3 is 0 Å². The number of rotatable bonds is 1. The first-order chi connectivity index (χ1) is 7.08. The van der Waals surface area contributed by atoms with Crippen molar-refractivity contribution in [2.24, 2.45) is 0 Å². The topological polar surface area (TPSA) is 52.0 Å². The summed E-state index contributed by atoms with van der Waals surface area (Å²) in [7, 11) is 0. The largest absolute Gasteiger partial charge is 0.381 e. The monoisotopic (exact) mass is 274 g/mol. The Labute approximate surface area is 92.0 Å². The predicted octanol–water partition coefficient (Wildman–Crippen LogP) is 2.96. The first-order valence-corrected chi connectivity index (χ1v) is 4.74. The zero-order chi connectivity index (χ0) is 11.0. The summed E-state index contributed by atoms with van der Waals surface area (Å²) < 4.78 is 31.2. The summed E-state index contributed by atoms with van der Waals surface area (Å²) >= 11 is 2.95. The molecule has 0 aliphatic heterocycles. The van der Waals surface area contributed by atoms with Crippen molar-refractivity contribution >= 4 is 21.7 Å². The number of aromatic nitrogens is 1. The third-order valence-corrected chi connectivity index (χ3v) is 2.41. The van der Waals surface area contributed by atoms with Gasteiger partial charge in [-0.25, -0.2) is 8.78 Å². The fourth-order valence-corrected chi connectivity index (χ4v) is 1.47. The van der Waals surface area contributed by atoms with Crippen LogP contribution in [-0.2, 0) is 0 Å². The SMILES string of the molecule is Nc1cc(-c2cc(Br)c(F)cc2F)on1. The Kier molecular flexibility index (Phi) is 2.44. The molecule has 0 saturated heterocycles. The van der Waals surface area contributed by atoms with Crippen LogP contribution >= 0.6 is 15.9 Å². The van der Waals surface area contributed by atoms with E-state index in [-0.39, 0.29) is 21.6 Å². The summed E-state index contributed by atoms with van der Waals surface area (Å²) in [6.07, 6.45) is 0. The Morgan fingerprint density at radius 2 is 1.93 bits per heavy atom. The Morgan fingerprint density at radius 3 is 2.53 bits per heavy atom. The van der Waals surface area contributed by atoms with E-state index in [2.05, 4.69) is 21.1 Å². The van der Waals surface area contributed by atoms with Gasteiger partial charge in [0.2, 0.25) is 0 Å². The van der Waals surface area contributed by atoms with E-state index in [1.807, 2.05) is 0 Å². The standard InChI is InChI=1S/C9H5BrF2N2O/c10-5-1-4(6(11)2-7(5)12)8-3-9(13)14-15-8/h1-3H,(H2,13,14). The summed E-state index contributed by atoms with van der Waals surface area (Å²) in [6, 6.07) is 3.39. The van der Waals surface area contributed by atoms with E-state index in [4.69, 9.17) is 10.3 Å². The van der Waals surface area contributed by atoms with Crippen LogP contribution < -0.4 is 5.73 Å². The molecule has 1 aromatic heterocycles. The molecule has 0 spiro atoms. The number of hydrogen-bond acceptors (Lipinski definition) is 3. The second-order valence-corrected chi connectivity index (χ2v) is 3.72. The van der Waals surface area contributed by atoms with Gasteiger partial charge in [-0.2, -0.15) is 0 Å². The van der Waals surface area contributed by atoms with Crippen LogP contribution in [0.4, 0.5) is 14.6 Å². The van der Waals surface area contributed by atoms with Gasteiger partial charge in [0.05, 0.1) is 10.0 Å². The van der Waals surface area contributed by atoms with Gasteiger partial charge in [-0.05, 0) is 22.0 Å². The molecule has 6 heteroatoms. The summed E-state index contributed by atoms with van der Waals surface area (Å²) in [4.78, 5) is 0. The molecule has 2 N–H and O–H groups in total. The highest BCUT2D eigenvalue weighted by Crippen LogP contribution is 2.29. The minimum atomic E-state index is -0.730. The van der Waals surface area contributed by atoms with Gasteiger partial charge in [-0.15, -0.1) is 0 Å². The van der Waals surface area contributed by atoms with E-state index in [0.29, 0.717) is 0 Å². The molecule has 2 aromatic rings. The van der Waals surface area contributed by atoms with Gasteiger partial charge in [0, 0.05) is 12.1 Å². The van der Waals surface area contributed by atoms with E-state index in [0.717, 1.165) is 6.07 Å². The van der Waals surface area contributed by atoms with E-state index in [1.54, 1.807) is 0 Å². The molecule has 0 unspecified atom stereocenters. The van der Waals surface area contributed by atoms with Crippen LogP contribution in [-0.4, -0.2) is 5.16 Å². The lowest BCUT2D eigenvalue weighted by Crippen LogP contribution is -1.87. The van der Waals surface area contributed by atoms with Crippen LogP contribution in [0, 0.1) is 11.6 Å². The van der Waals surface area contributed by atoms with Gasteiger partial charge in [0.15, 0.2) is 11.6 Å². The molecular weight excluding hydrogens is 270 g/mol. The highest BCUT2D eigenvalue weighted by atomic mass is 79.9. The van der Waals surface area contributed by atoms with Crippen molar-refractivity contribution in [2.45, 2.75) is 0 Å². The summed E-state index contributed by atoms with van der Waals surface area (Å²) in [5, 5.41) is 3.41. The van der Waals surface area contributed by atoms with Gasteiger partial charge in [0.25, 0.3) is 0 Å². The second kappa shape index (κ2) is 3.62.